The van der Waals surface area contributed by atoms with Crippen molar-refractivity contribution >= 4 is 17.5 Å². The van der Waals surface area contributed by atoms with E-state index in [9.17, 15) is 9.18 Å². The third kappa shape index (κ3) is 5.14. The van der Waals surface area contributed by atoms with Gasteiger partial charge in [-0.15, -0.1) is 0 Å². The minimum absolute atomic E-state index is 0.117. The van der Waals surface area contributed by atoms with Gasteiger partial charge in [0.1, 0.15) is 11.6 Å². The molecular weight excluding hydrogens is 271 g/mol. The molecule has 0 unspecified atom stereocenters. The third-order valence-corrected chi connectivity index (χ3v) is 2.75. The van der Waals surface area contributed by atoms with E-state index in [-0.39, 0.29) is 24.0 Å². The van der Waals surface area contributed by atoms with Gasteiger partial charge in [-0.25, -0.2) is 4.39 Å². The topological polar surface area (TPSA) is 53.3 Å². The lowest BCUT2D eigenvalue weighted by molar-refractivity contribution is -0.130. The highest BCUT2D eigenvalue weighted by atomic mass is 35.5. The monoisotopic (exact) mass is 284 g/mol. The first-order chi connectivity index (χ1) is 9.04. The number of rotatable bonds is 6. The molecule has 0 bridgehead atoms. The maximum absolute atomic E-state index is 12.8. The number of nitriles is 1. The minimum atomic E-state index is -0.440. The van der Waals surface area contributed by atoms with Gasteiger partial charge in [0.15, 0.2) is 0 Å². The van der Waals surface area contributed by atoms with Gasteiger partial charge in [-0.1, -0.05) is 11.6 Å². The van der Waals surface area contributed by atoms with Gasteiger partial charge in [0.2, 0.25) is 5.91 Å². The van der Waals surface area contributed by atoms with Crippen LogP contribution in [-0.2, 0) is 4.79 Å². The van der Waals surface area contributed by atoms with E-state index in [1.54, 1.807) is 7.05 Å². The van der Waals surface area contributed by atoms with Crippen molar-refractivity contribution in [2.45, 2.75) is 12.8 Å². The smallest absolute Gasteiger partial charge is 0.225 e. The lowest BCUT2D eigenvalue weighted by atomic mass is 10.3. The molecule has 0 radical (unpaired) electrons. The lowest BCUT2D eigenvalue weighted by Gasteiger charge is -2.15. The van der Waals surface area contributed by atoms with E-state index in [2.05, 4.69) is 0 Å². The minimum Gasteiger partial charge on any atom is -0.491 e. The highest BCUT2D eigenvalue weighted by molar-refractivity contribution is 6.32. The van der Waals surface area contributed by atoms with E-state index in [1.165, 1.54) is 17.0 Å². The van der Waals surface area contributed by atoms with Gasteiger partial charge in [-0.2, -0.15) is 5.26 Å². The number of hydrogen-bond acceptors (Lipinski definition) is 3. The average molecular weight is 285 g/mol. The molecule has 6 heteroatoms. The van der Waals surface area contributed by atoms with E-state index in [4.69, 9.17) is 21.6 Å². The zero-order valence-electron chi connectivity index (χ0n) is 10.5. The molecule has 0 saturated heterocycles. The number of halogens is 2. The summed E-state index contributed by atoms with van der Waals surface area (Å²) in [5.41, 5.74) is 0. The van der Waals surface area contributed by atoms with Gasteiger partial charge in [0.05, 0.1) is 30.5 Å². The van der Waals surface area contributed by atoms with Gasteiger partial charge in [0.25, 0.3) is 0 Å². The van der Waals surface area contributed by atoms with Crippen LogP contribution in [0.15, 0.2) is 18.2 Å². The van der Waals surface area contributed by atoms with Crippen LogP contribution in [0, 0.1) is 17.1 Å². The standard InChI is InChI=1S/C13H14ClFN2O2/c1-17(7-2-6-16)13(18)5-8-19-12-4-3-10(15)9-11(12)14/h3-4,9H,2,5,7-8H2,1H3. The molecule has 1 amide bonds. The Morgan fingerprint density at radius 3 is 2.95 bits per heavy atom. The maximum atomic E-state index is 12.8. The van der Waals surface area contributed by atoms with Crippen molar-refractivity contribution < 1.29 is 13.9 Å². The number of carbonyl (C=O) groups excluding carboxylic acids is 1. The van der Waals surface area contributed by atoms with E-state index >= 15 is 0 Å². The van der Waals surface area contributed by atoms with Gasteiger partial charge in [-0.3, -0.25) is 4.79 Å². The van der Waals surface area contributed by atoms with Gasteiger partial charge in [-0.05, 0) is 18.2 Å². The van der Waals surface area contributed by atoms with Crippen molar-refractivity contribution in [1.82, 2.24) is 4.90 Å². The van der Waals surface area contributed by atoms with E-state index in [1.807, 2.05) is 6.07 Å². The van der Waals surface area contributed by atoms with Crippen LogP contribution >= 0.6 is 11.6 Å². The number of hydrogen-bond donors (Lipinski definition) is 0. The van der Waals surface area contributed by atoms with Crippen molar-refractivity contribution in [3.63, 3.8) is 0 Å². The second-order valence-corrected chi connectivity index (χ2v) is 4.30. The molecule has 0 aromatic heterocycles. The summed E-state index contributed by atoms with van der Waals surface area (Å²) in [7, 11) is 1.63. The highest BCUT2D eigenvalue weighted by Crippen LogP contribution is 2.24. The zero-order chi connectivity index (χ0) is 14.3. The Labute approximate surface area is 116 Å². The Hall–Kier alpha value is -1.80. The summed E-state index contributed by atoms with van der Waals surface area (Å²) < 4.78 is 18.1. The van der Waals surface area contributed by atoms with Crippen LogP contribution in [0.2, 0.25) is 5.02 Å². The van der Waals surface area contributed by atoms with Crippen molar-refractivity contribution in [1.29, 1.82) is 5.26 Å². The summed E-state index contributed by atoms with van der Waals surface area (Å²) in [6.07, 6.45) is 0.475. The van der Waals surface area contributed by atoms with Gasteiger partial charge < -0.3 is 9.64 Å². The molecule has 0 fully saturated rings. The van der Waals surface area contributed by atoms with Gasteiger partial charge >= 0.3 is 0 Å². The first kappa shape index (κ1) is 15.3. The molecule has 0 spiro atoms. The molecule has 0 aliphatic carbocycles. The molecule has 0 saturated carbocycles. The van der Waals surface area contributed by atoms with Crippen LogP contribution in [-0.4, -0.2) is 31.0 Å². The molecule has 1 aromatic rings. The summed E-state index contributed by atoms with van der Waals surface area (Å²) >= 11 is 5.78. The number of nitrogens with zero attached hydrogens (tertiary/aromatic N) is 2. The Kier molecular flexibility index (Phi) is 6.10. The first-order valence-corrected chi connectivity index (χ1v) is 6.11. The van der Waals surface area contributed by atoms with Crippen molar-refractivity contribution in [3.05, 3.63) is 29.0 Å². The molecule has 0 aliphatic rings. The summed E-state index contributed by atoms with van der Waals surface area (Å²) in [6.45, 7) is 0.549. The normalized spacial score (nSPS) is 9.79. The van der Waals surface area contributed by atoms with Crippen LogP contribution in [0.25, 0.3) is 0 Å². The molecule has 0 N–H and O–H groups in total. The van der Waals surface area contributed by atoms with Crippen LogP contribution in [0.3, 0.4) is 0 Å². The van der Waals surface area contributed by atoms with Crippen LogP contribution in [0.4, 0.5) is 4.39 Å². The van der Waals surface area contributed by atoms with E-state index < -0.39 is 5.82 Å². The van der Waals surface area contributed by atoms with E-state index in [0.29, 0.717) is 18.7 Å². The Balaban J connectivity index is 2.38. The first-order valence-electron chi connectivity index (χ1n) is 5.73. The molecule has 102 valence electrons. The predicted molar refractivity (Wildman–Crippen MR) is 69.4 cm³/mol. The molecule has 1 aromatic carbocycles. The fraction of sp³-hybridized carbons (Fsp3) is 0.385. The molecule has 0 aliphatic heterocycles. The Morgan fingerprint density at radius 1 is 1.58 bits per heavy atom. The molecular formula is C13H14ClFN2O2. The van der Waals surface area contributed by atoms with Crippen molar-refractivity contribution in [2.75, 3.05) is 20.2 Å². The number of amides is 1. The summed E-state index contributed by atoms with van der Waals surface area (Å²) in [5.74, 6) is -0.214. The molecule has 4 nitrogen and oxygen atoms in total. The second kappa shape index (κ2) is 7.59. The fourth-order valence-corrected chi connectivity index (χ4v) is 1.60. The summed E-state index contributed by atoms with van der Waals surface area (Å²) in [5, 5.41) is 8.59. The summed E-state index contributed by atoms with van der Waals surface area (Å²) in [6, 6.07) is 5.78. The Bertz CT molecular complexity index is 488. The lowest BCUT2D eigenvalue weighted by Crippen LogP contribution is -2.28. The zero-order valence-corrected chi connectivity index (χ0v) is 11.3. The molecule has 0 heterocycles. The summed E-state index contributed by atoms with van der Waals surface area (Å²) in [4.78, 5) is 13.1. The second-order valence-electron chi connectivity index (χ2n) is 3.90. The highest BCUT2D eigenvalue weighted by Gasteiger charge is 2.09. The number of carbonyl (C=O) groups is 1. The van der Waals surface area contributed by atoms with Gasteiger partial charge in [0, 0.05) is 13.6 Å². The van der Waals surface area contributed by atoms with Crippen LogP contribution in [0.5, 0.6) is 5.75 Å². The Morgan fingerprint density at radius 2 is 2.32 bits per heavy atom. The maximum Gasteiger partial charge on any atom is 0.225 e. The quantitative estimate of drug-likeness (QED) is 0.807. The average Bonchev–Trinajstić information content (AvgIpc) is 2.38. The van der Waals surface area contributed by atoms with Crippen molar-refractivity contribution in [2.24, 2.45) is 0 Å². The van der Waals surface area contributed by atoms with E-state index in [0.717, 1.165) is 6.07 Å². The SMILES string of the molecule is CN(CCC#N)C(=O)CCOc1ccc(F)cc1Cl. The third-order valence-electron chi connectivity index (χ3n) is 2.45. The number of benzene rings is 1. The van der Waals surface area contributed by atoms with Crippen LogP contribution < -0.4 is 4.74 Å². The largest absolute Gasteiger partial charge is 0.491 e. The number of ether oxygens (including phenoxy) is 1. The molecule has 19 heavy (non-hydrogen) atoms. The molecule has 1 rings (SSSR count). The van der Waals surface area contributed by atoms with Crippen molar-refractivity contribution in [3.8, 4) is 11.8 Å². The van der Waals surface area contributed by atoms with Crippen LogP contribution in [0.1, 0.15) is 12.8 Å². The predicted octanol–water partition coefficient (Wildman–Crippen LogP) is 2.62. The molecule has 0 atom stereocenters. The fourth-order valence-electron chi connectivity index (χ4n) is 1.37.